The Morgan fingerprint density at radius 3 is 2.31 bits per heavy atom. The normalized spacial score (nSPS) is 11.6. The molecule has 0 aliphatic carbocycles. The van der Waals surface area contributed by atoms with Crippen molar-refractivity contribution in [2.45, 2.75) is 32.2 Å². The average Bonchev–Trinajstić information content (AvgIpc) is 2.61. The van der Waals surface area contributed by atoms with Gasteiger partial charge in [0.2, 0.25) is 15.9 Å². The number of amides is 1. The molecule has 2 aromatic rings. The second kappa shape index (κ2) is 8.66. The fraction of sp³-hybridized carbons (Fsp3) is 0.316. The summed E-state index contributed by atoms with van der Waals surface area (Å²) in [6.45, 7) is 5.81. The van der Waals surface area contributed by atoms with Crippen LogP contribution in [0.5, 0.6) is 0 Å². The summed E-state index contributed by atoms with van der Waals surface area (Å²) in [5, 5.41) is 3.36. The van der Waals surface area contributed by atoms with Gasteiger partial charge in [0.05, 0.1) is 11.4 Å². The van der Waals surface area contributed by atoms with Crippen LogP contribution < -0.4 is 5.32 Å². The molecule has 1 amide bonds. The number of nitrogens with zero attached hydrogens (tertiary/aromatic N) is 1. The minimum atomic E-state index is -3.72. The Balaban J connectivity index is 2.05. The third kappa shape index (κ3) is 5.06. The third-order valence-electron chi connectivity index (χ3n) is 4.19. The number of carbonyl (C=O) groups is 1. The van der Waals surface area contributed by atoms with E-state index in [-0.39, 0.29) is 23.9 Å². The van der Waals surface area contributed by atoms with Crippen molar-refractivity contribution in [3.8, 4) is 0 Å². The first kappa shape index (κ1) is 20.4. The van der Waals surface area contributed by atoms with Crippen molar-refractivity contribution in [2.24, 2.45) is 0 Å². The molecule has 0 aliphatic rings. The number of halogens is 1. The maximum atomic E-state index is 12.8. The topological polar surface area (TPSA) is 66.5 Å². The number of benzene rings is 2. The highest BCUT2D eigenvalue weighted by Crippen LogP contribution is 2.19. The number of aryl methyl sites for hydroxylation is 2. The van der Waals surface area contributed by atoms with Crippen molar-refractivity contribution >= 4 is 27.5 Å². The van der Waals surface area contributed by atoms with Crippen molar-refractivity contribution in [1.82, 2.24) is 9.62 Å². The molecular weight excluding hydrogens is 372 g/mol. The number of carbonyl (C=O) groups excluding carboxylic acids is 1. The lowest BCUT2D eigenvalue weighted by Crippen LogP contribution is -2.40. The summed E-state index contributed by atoms with van der Waals surface area (Å²) in [6, 6.07) is 12.1. The zero-order valence-corrected chi connectivity index (χ0v) is 16.7. The number of nitrogens with one attached hydrogen (secondary N) is 1. The summed E-state index contributed by atoms with van der Waals surface area (Å²) in [7, 11) is -3.72. The Kier molecular flexibility index (Phi) is 6.81. The average molecular weight is 395 g/mol. The lowest BCUT2D eigenvalue weighted by molar-refractivity contribution is -0.121. The van der Waals surface area contributed by atoms with Crippen LogP contribution in [0.3, 0.4) is 0 Å². The summed E-state index contributed by atoms with van der Waals surface area (Å²) in [4.78, 5) is 12.4. The van der Waals surface area contributed by atoms with E-state index < -0.39 is 10.0 Å². The predicted octanol–water partition coefficient (Wildman–Crippen LogP) is 3.28. The van der Waals surface area contributed by atoms with Crippen LogP contribution in [0.15, 0.2) is 47.4 Å². The van der Waals surface area contributed by atoms with E-state index in [0.717, 1.165) is 16.7 Å². The van der Waals surface area contributed by atoms with Gasteiger partial charge in [-0.05, 0) is 54.8 Å². The molecule has 0 saturated carbocycles. The molecule has 0 saturated heterocycles. The van der Waals surface area contributed by atoms with Crippen molar-refractivity contribution < 1.29 is 13.2 Å². The van der Waals surface area contributed by atoms with E-state index >= 15 is 0 Å². The molecule has 1 N–H and O–H groups in total. The Morgan fingerprint density at radius 1 is 1.08 bits per heavy atom. The van der Waals surface area contributed by atoms with Gasteiger partial charge < -0.3 is 5.32 Å². The molecule has 2 aromatic carbocycles. The van der Waals surface area contributed by atoms with E-state index in [9.17, 15) is 13.2 Å². The summed E-state index contributed by atoms with van der Waals surface area (Å²) in [5.41, 5.74) is 2.81. The van der Waals surface area contributed by atoms with Gasteiger partial charge in [0.25, 0.3) is 0 Å². The third-order valence-corrected chi connectivity index (χ3v) is 6.36. The van der Waals surface area contributed by atoms with Crippen LogP contribution in [0.1, 0.15) is 23.6 Å². The second-order valence-electron chi connectivity index (χ2n) is 6.08. The molecule has 5 nitrogen and oxygen atoms in total. The van der Waals surface area contributed by atoms with Gasteiger partial charge >= 0.3 is 0 Å². The molecule has 0 aromatic heterocycles. The second-order valence-corrected chi connectivity index (χ2v) is 8.45. The first-order valence-corrected chi connectivity index (χ1v) is 10.1. The van der Waals surface area contributed by atoms with Crippen LogP contribution in [0.4, 0.5) is 0 Å². The number of hydrogen-bond acceptors (Lipinski definition) is 3. The number of hydrogen-bond donors (Lipinski definition) is 1. The number of likely N-dealkylation sites (N-methyl/N-ethyl adjacent to an activating group) is 1. The van der Waals surface area contributed by atoms with Gasteiger partial charge in [0.15, 0.2) is 0 Å². The van der Waals surface area contributed by atoms with Gasteiger partial charge in [-0.15, -0.1) is 0 Å². The van der Waals surface area contributed by atoms with E-state index in [2.05, 4.69) is 5.32 Å². The number of sulfonamides is 1. The zero-order valence-electron chi connectivity index (χ0n) is 15.1. The summed E-state index contributed by atoms with van der Waals surface area (Å²) in [6.07, 6.45) is 0. The molecule has 0 fully saturated rings. The summed E-state index contributed by atoms with van der Waals surface area (Å²) in [5.74, 6) is -0.353. The first-order valence-electron chi connectivity index (χ1n) is 8.32. The maximum Gasteiger partial charge on any atom is 0.243 e. The fourth-order valence-corrected chi connectivity index (χ4v) is 4.03. The van der Waals surface area contributed by atoms with Crippen molar-refractivity contribution in [3.05, 3.63) is 64.2 Å². The minimum absolute atomic E-state index is 0.202. The molecule has 0 spiro atoms. The SMILES string of the molecule is CCN(CC(=O)NCc1ccc(Cl)cc1)S(=O)(=O)c1ccc(C)c(C)c1. The zero-order chi connectivity index (χ0) is 19.3. The van der Waals surface area contributed by atoms with Crippen molar-refractivity contribution in [2.75, 3.05) is 13.1 Å². The van der Waals surface area contributed by atoms with E-state index in [1.54, 1.807) is 37.3 Å². The molecule has 0 aliphatic heterocycles. The molecule has 2 rings (SSSR count). The highest BCUT2D eigenvalue weighted by molar-refractivity contribution is 7.89. The maximum absolute atomic E-state index is 12.8. The largest absolute Gasteiger partial charge is 0.351 e. The Hall–Kier alpha value is -1.89. The van der Waals surface area contributed by atoms with Gasteiger partial charge in [0, 0.05) is 18.1 Å². The fourth-order valence-electron chi connectivity index (χ4n) is 2.41. The first-order chi connectivity index (χ1) is 12.2. The van der Waals surface area contributed by atoms with Crippen LogP contribution in [-0.2, 0) is 21.4 Å². The van der Waals surface area contributed by atoms with Crippen LogP contribution in [0.25, 0.3) is 0 Å². The summed E-state index contributed by atoms with van der Waals surface area (Å²) >= 11 is 5.83. The van der Waals surface area contributed by atoms with E-state index in [4.69, 9.17) is 11.6 Å². The molecule has 0 unspecified atom stereocenters. The molecular formula is C19H23ClN2O3S. The van der Waals surface area contributed by atoms with Gasteiger partial charge in [0.1, 0.15) is 0 Å². The quantitative estimate of drug-likeness (QED) is 0.783. The van der Waals surface area contributed by atoms with Gasteiger partial charge in [-0.25, -0.2) is 8.42 Å². The van der Waals surface area contributed by atoms with Gasteiger partial charge in [-0.1, -0.05) is 36.7 Å². The lowest BCUT2D eigenvalue weighted by atomic mass is 10.1. The molecule has 0 bridgehead atoms. The minimum Gasteiger partial charge on any atom is -0.351 e. The summed E-state index contributed by atoms with van der Waals surface area (Å²) < 4.78 is 26.8. The van der Waals surface area contributed by atoms with Gasteiger partial charge in [-0.3, -0.25) is 4.79 Å². The van der Waals surface area contributed by atoms with Crippen LogP contribution in [0.2, 0.25) is 5.02 Å². The monoisotopic (exact) mass is 394 g/mol. The highest BCUT2D eigenvalue weighted by atomic mass is 35.5. The van der Waals surface area contributed by atoms with Crippen LogP contribution in [-0.4, -0.2) is 31.7 Å². The highest BCUT2D eigenvalue weighted by Gasteiger charge is 2.25. The smallest absolute Gasteiger partial charge is 0.243 e. The molecule has 0 atom stereocenters. The van der Waals surface area contributed by atoms with Crippen molar-refractivity contribution in [3.63, 3.8) is 0 Å². The van der Waals surface area contributed by atoms with E-state index in [1.807, 2.05) is 26.0 Å². The molecule has 7 heteroatoms. The molecule has 0 radical (unpaired) electrons. The Morgan fingerprint density at radius 2 is 1.73 bits per heavy atom. The standard InChI is InChI=1S/C19H23ClN2O3S/c1-4-22(26(24,25)18-10-5-14(2)15(3)11-18)13-19(23)21-12-16-6-8-17(20)9-7-16/h5-11H,4,12-13H2,1-3H3,(H,21,23). The molecule has 0 heterocycles. The lowest BCUT2D eigenvalue weighted by Gasteiger charge is -2.20. The molecule has 140 valence electrons. The van der Waals surface area contributed by atoms with Gasteiger partial charge in [-0.2, -0.15) is 4.31 Å². The van der Waals surface area contributed by atoms with E-state index in [0.29, 0.717) is 11.6 Å². The van der Waals surface area contributed by atoms with Crippen molar-refractivity contribution in [1.29, 1.82) is 0 Å². The van der Waals surface area contributed by atoms with Crippen LogP contribution in [0, 0.1) is 13.8 Å². The predicted molar refractivity (Wildman–Crippen MR) is 104 cm³/mol. The van der Waals surface area contributed by atoms with E-state index in [1.165, 1.54) is 4.31 Å². The molecule has 26 heavy (non-hydrogen) atoms. The Bertz CT molecular complexity index is 880. The Labute approximate surface area is 160 Å². The van der Waals surface area contributed by atoms with Crippen LogP contribution >= 0.6 is 11.6 Å². The number of rotatable bonds is 7.